The number of para-hydroxylation sites is 1. The lowest BCUT2D eigenvalue weighted by atomic mass is 10.2. The Kier molecular flexibility index (Phi) is 4.55. The van der Waals surface area contributed by atoms with Crippen LogP contribution >= 0.6 is 0 Å². The lowest BCUT2D eigenvalue weighted by Crippen LogP contribution is -2.33. The van der Waals surface area contributed by atoms with Gasteiger partial charge < -0.3 is 9.64 Å². The van der Waals surface area contributed by atoms with Crippen LogP contribution in [0.15, 0.2) is 24.3 Å². The number of amides is 1. The molecule has 0 saturated heterocycles. The second-order valence-corrected chi connectivity index (χ2v) is 4.69. The Balaban J connectivity index is 1.87. The van der Waals surface area contributed by atoms with E-state index < -0.39 is 0 Å². The SMILES string of the molecule is CCCCC(=O)OCC(=O)N1CCc2ccccc21. The van der Waals surface area contributed by atoms with Crippen LogP contribution in [0.3, 0.4) is 0 Å². The molecule has 2 rings (SSSR count). The van der Waals surface area contributed by atoms with Gasteiger partial charge in [-0.2, -0.15) is 0 Å². The predicted octanol–water partition coefficient (Wildman–Crippen LogP) is 2.31. The first-order valence-electron chi connectivity index (χ1n) is 6.76. The van der Waals surface area contributed by atoms with Crippen molar-refractivity contribution in [2.75, 3.05) is 18.1 Å². The summed E-state index contributed by atoms with van der Waals surface area (Å²) in [5.74, 6) is -0.433. The zero-order chi connectivity index (χ0) is 13.7. The molecule has 1 aliphatic rings. The number of rotatable bonds is 5. The molecule has 0 spiro atoms. The van der Waals surface area contributed by atoms with Gasteiger partial charge >= 0.3 is 5.97 Å². The molecule has 1 aromatic carbocycles. The molecule has 4 heteroatoms. The van der Waals surface area contributed by atoms with Gasteiger partial charge in [-0.25, -0.2) is 0 Å². The molecule has 1 heterocycles. The lowest BCUT2D eigenvalue weighted by Gasteiger charge is -2.17. The van der Waals surface area contributed by atoms with E-state index in [9.17, 15) is 9.59 Å². The molecule has 4 nitrogen and oxygen atoms in total. The van der Waals surface area contributed by atoms with Gasteiger partial charge in [-0.15, -0.1) is 0 Å². The summed E-state index contributed by atoms with van der Waals surface area (Å²) in [4.78, 5) is 25.1. The standard InChI is InChI=1S/C15H19NO3/c1-2-3-8-15(18)19-11-14(17)16-10-9-12-6-4-5-7-13(12)16/h4-7H,2-3,8-11H2,1H3. The van der Waals surface area contributed by atoms with E-state index >= 15 is 0 Å². The summed E-state index contributed by atoms with van der Waals surface area (Å²) in [6.07, 6.45) is 3.01. The van der Waals surface area contributed by atoms with Gasteiger partial charge in [0.05, 0.1) is 0 Å². The van der Waals surface area contributed by atoms with Crippen molar-refractivity contribution in [3.63, 3.8) is 0 Å². The van der Waals surface area contributed by atoms with Crippen molar-refractivity contribution in [2.24, 2.45) is 0 Å². The topological polar surface area (TPSA) is 46.6 Å². The number of hydrogen-bond donors (Lipinski definition) is 0. The van der Waals surface area contributed by atoms with E-state index in [4.69, 9.17) is 4.74 Å². The van der Waals surface area contributed by atoms with Crippen molar-refractivity contribution in [2.45, 2.75) is 32.6 Å². The Morgan fingerprint density at radius 1 is 1.32 bits per heavy atom. The molecule has 1 aromatic rings. The molecule has 0 atom stereocenters. The van der Waals surface area contributed by atoms with Crippen LogP contribution in [0.2, 0.25) is 0 Å². The van der Waals surface area contributed by atoms with Crippen LogP contribution in [0.1, 0.15) is 31.7 Å². The summed E-state index contributed by atoms with van der Waals surface area (Å²) in [5, 5.41) is 0. The highest BCUT2D eigenvalue weighted by Crippen LogP contribution is 2.27. The van der Waals surface area contributed by atoms with Crippen molar-refractivity contribution in [3.05, 3.63) is 29.8 Å². The summed E-state index contributed by atoms with van der Waals surface area (Å²) in [6, 6.07) is 7.84. The third-order valence-corrected chi connectivity index (χ3v) is 3.28. The highest BCUT2D eigenvalue weighted by Gasteiger charge is 2.24. The van der Waals surface area contributed by atoms with Crippen LogP contribution in [0, 0.1) is 0 Å². The third-order valence-electron chi connectivity index (χ3n) is 3.28. The van der Waals surface area contributed by atoms with E-state index in [1.165, 1.54) is 5.56 Å². The Bertz CT molecular complexity index is 470. The van der Waals surface area contributed by atoms with Gasteiger partial charge in [-0.05, 0) is 24.5 Å². The highest BCUT2D eigenvalue weighted by molar-refractivity contribution is 5.97. The molecular weight excluding hydrogens is 242 g/mol. The first-order chi connectivity index (χ1) is 9.22. The van der Waals surface area contributed by atoms with Crippen molar-refractivity contribution in [3.8, 4) is 0 Å². The second-order valence-electron chi connectivity index (χ2n) is 4.69. The summed E-state index contributed by atoms with van der Waals surface area (Å²) in [7, 11) is 0. The van der Waals surface area contributed by atoms with Gasteiger partial charge in [0, 0.05) is 18.7 Å². The maximum absolute atomic E-state index is 12.0. The van der Waals surface area contributed by atoms with E-state index in [0.717, 1.165) is 24.9 Å². The quantitative estimate of drug-likeness (QED) is 0.764. The molecule has 1 amide bonds. The monoisotopic (exact) mass is 261 g/mol. The van der Waals surface area contributed by atoms with Gasteiger partial charge in [0.15, 0.2) is 6.61 Å². The number of anilines is 1. The summed E-state index contributed by atoms with van der Waals surface area (Å²) in [5.41, 5.74) is 2.12. The fraction of sp³-hybridized carbons (Fsp3) is 0.467. The number of benzene rings is 1. The maximum Gasteiger partial charge on any atom is 0.306 e. The second kappa shape index (κ2) is 6.36. The maximum atomic E-state index is 12.0. The summed E-state index contributed by atoms with van der Waals surface area (Å²) < 4.78 is 5.00. The molecule has 102 valence electrons. The molecule has 0 fully saturated rings. The smallest absolute Gasteiger partial charge is 0.306 e. The van der Waals surface area contributed by atoms with E-state index in [1.807, 2.05) is 31.2 Å². The van der Waals surface area contributed by atoms with Crippen LogP contribution in [0.25, 0.3) is 0 Å². The number of esters is 1. The number of nitrogens with zero attached hydrogens (tertiary/aromatic N) is 1. The van der Waals surface area contributed by atoms with Crippen molar-refractivity contribution >= 4 is 17.6 Å². The average molecular weight is 261 g/mol. The number of fused-ring (bicyclic) bond motifs is 1. The number of carbonyl (C=O) groups is 2. The van der Waals surface area contributed by atoms with Crippen molar-refractivity contribution in [1.82, 2.24) is 0 Å². The summed E-state index contributed by atoms with van der Waals surface area (Å²) >= 11 is 0. The third kappa shape index (κ3) is 3.34. The predicted molar refractivity (Wildman–Crippen MR) is 73.0 cm³/mol. The molecule has 0 unspecified atom stereocenters. The molecule has 0 aromatic heterocycles. The molecule has 0 N–H and O–H groups in total. The van der Waals surface area contributed by atoms with E-state index in [2.05, 4.69) is 0 Å². The molecular formula is C15H19NO3. The van der Waals surface area contributed by atoms with Crippen molar-refractivity contribution < 1.29 is 14.3 Å². The summed E-state index contributed by atoms with van der Waals surface area (Å²) in [6.45, 7) is 2.53. The van der Waals surface area contributed by atoms with Gasteiger partial charge in [0.1, 0.15) is 0 Å². The minimum absolute atomic E-state index is 0.144. The zero-order valence-electron chi connectivity index (χ0n) is 11.2. The lowest BCUT2D eigenvalue weighted by molar-refractivity contribution is -0.147. The molecule has 0 radical (unpaired) electrons. The largest absolute Gasteiger partial charge is 0.456 e. The number of carbonyl (C=O) groups excluding carboxylic acids is 2. The molecule has 0 saturated carbocycles. The van der Waals surface area contributed by atoms with Crippen LogP contribution in [0.5, 0.6) is 0 Å². The number of hydrogen-bond acceptors (Lipinski definition) is 3. The number of unbranched alkanes of at least 4 members (excludes halogenated alkanes) is 1. The Morgan fingerprint density at radius 2 is 2.11 bits per heavy atom. The van der Waals surface area contributed by atoms with Gasteiger partial charge in [0.2, 0.25) is 0 Å². The normalized spacial score (nSPS) is 13.2. The zero-order valence-corrected chi connectivity index (χ0v) is 11.2. The first-order valence-corrected chi connectivity index (χ1v) is 6.76. The fourth-order valence-corrected chi connectivity index (χ4v) is 2.21. The average Bonchev–Trinajstić information content (AvgIpc) is 2.86. The van der Waals surface area contributed by atoms with Crippen molar-refractivity contribution in [1.29, 1.82) is 0 Å². The van der Waals surface area contributed by atoms with Crippen LogP contribution in [0.4, 0.5) is 5.69 Å². The Labute approximate surface area is 113 Å². The van der Waals surface area contributed by atoms with E-state index in [0.29, 0.717) is 13.0 Å². The molecule has 0 aliphatic carbocycles. The minimum Gasteiger partial charge on any atom is -0.456 e. The molecule has 0 bridgehead atoms. The van der Waals surface area contributed by atoms with E-state index in [-0.39, 0.29) is 18.5 Å². The fourth-order valence-electron chi connectivity index (χ4n) is 2.21. The van der Waals surface area contributed by atoms with Crippen LogP contribution < -0.4 is 4.90 Å². The molecule has 19 heavy (non-hydrogen) atoms. The van der Waals surface area contributed by atoms with Crippen LogP contribution in [-0.4, -0.2) is 25.0 Å². The first kappa shape index (κ1) is 13.6. The number of ether oxygens (including phenoxy) is 1. The Morgan fingerprint density at radius 3 is 2.89 bits per heavy atom. The molecule has 1 aliphatic heterocycles. The van der Waals surface area contributed by atoms with Crippen LogP contribution in [-0.2, 0) is 20.7 Å². The Hall–Kier alpha value is -1.84. The highest BCUT2D eigenvalue weighted by atomic mass is 16.5. The van der Waals surface area contributed by atoms with Gasteiger partial charge in [-0.3, -0.25) is 9.59 Å². The van der Waals surface area contributed by atoms with Gasteiger partial charge in [0.25, 0.3) is 5.91 Å². The van der Waals surface area contributed by atoms with E-state index in [1.54, 1.807) is 4.90 Å². The minimum atomic E-state index is -0.289. The van der Waals surface area contributed by atoms with Gasteiger partial charge in [-0.1, -0.05) is 31.5 Å².